The molecular formula is C21H20ClN3O2S. The molecule has 0 fully saturated rings. The number of nitrogens with zero attached hydrogens (tertiary/aromatic N) is 2. The van der Waals surface area contributed by atoms with Crippen LogP contribution >= 0.6 is 23.4 Å². The highest BCUT2D eigenvalue weighted by Gasteiger charge is 2.17. The lowest BCUT2D eigenvalue weighted by molar-refractivity contribution is -0.118. The van der Waals surface area contributed by atoms with Gasteiger partial charge in [0.05, 0.1) is 22.3 Å². The third kappa shape index (κ3) is 4.13. The van der Waals surface area contributed by atoms with E-state index in [1.165, 1.54) is 11.8 Å². The monoisotopic (exact) mass is 413 g/mol. The highest BCUT2D eigenvalue weighted by Crippen LogP contribution is 2.25. The van der Waals surface area contributed by atoms with Gasteiger partial charge in [0, 0.05) is 11.6 Å². The average Bonchev–Trinajstić information content (AvgIpc) is 2.67. The van der Waals surface area contributed by atoms with Crippen LogP contribution in [0.3, 0.4) is 0 Å². The standard InChI is InChI=1S/C21H20ClN3O2S/c1-4-10-23-19(26)12-28-21-24-17-11-15(22)8-9-16(17)20(27)25(21)18-7-5-6-13(2)14(18)3/h4-9,11H,1,10,12H2,2-3H3,(H,23,26). The number of hydrogen-bond acceptors (Lipinski definition) is 4. The summed E-state index contributed by atoms with van der Waals surface area (Å²) in [6.45, 7) is 7.94. The van der Waals surface area contributed by atoms with Gasteiger partial charge in [-0.1, -0.05) is 41.6 Å². The largest absolute Gasteiger partial charge is 0.352 e. The maximum absolute atomic E-state index is 13.3. The van der Waals surface area contributed by atoms with E-state index in [1.54, 1.807) is 28.8 Å². The van der Waals surface area contributed by atoms with Crippen molar-refractivity contribution in [2.45, 2.75) is 19.0 Å². The summed E-state index contributed by atoms with van der Waals surface area (Å²) in [7, 11) is 0. The van der Waals surface area contributed by atoms with Gasteiger partial charge in [-0.2, -0.15) is 0 Å². The Hall–Kier alpha value is -2.57. The summed E-state index contributed by atoms with van der Waals surface area (Å²) in [5.74, 6) is -0.0186. The molecule has 7 heteroatoms. The fourth-order valence-corrected chi connectivity index (χ4v) is 3.79. The summed E-state index contributed by atoms with van der Waals surface area (Å²) in [5.41, 5.74) is 3.12. The van der Waals surface area contributed by atoms with E-state index >= 15 is 0 Å². The summed E-state index contributed by atoms with van der Waals surface area (Å²) < 4.78 is 1.57. The number of hydrogen-bond donors (Lipinski definition) is 1. The summed E-state index contributed by atoms with van der Waals surface area (Å²) in [5, 5.41) is 4.16. The van der Waals surface area contributed by atoms with Crippen LogP contribution in [0.25, 0.3) is 16.6 Å². The van der Waals surface area contributed by atoms with Gasteiger partial charge < -0.3 is 5.32 Å². The predicted molar refractivity (Wildman–Crippen MR) is 116 cm³/mol. The number of thioether (sulfide) groups is 1. The Morgan fingerprint density at radius 1 is 1.32 bits per heavy atom. The number of amides is 1. The van der Waals surface area contributed by atoms with E-state index in [0.717, 1.165) is 16.8 Å². The molecule has 1 heterocycles. The lowest BCUT2D eigenvalue weighted by atomic mass is 10.1. The molecule has 0 aliphatic carbocycles. The number of halogens is 1. The Morgan fingerprint density at radius 2 is 2.11 bits per heavy atom. The minimum absolute atomic E-state index is 0.136. The van der Waals surface area contributed by atoms with Crippen LogP contribution in [0.5, 0.6) is 0 Å². The number of aromatic nitrogens is 2. The summed E-state index contributed by atoms with van der Waals surface area (Å²) >= 11 is 7.29. The molecule has 0 aliphatic heterocycles. The van der Waals surface area contributed by atoms with Gasteiger partial charge >= 0.3 is 0 Å². The Morgan fingerprint density at radius 3 is 2.86 bits per heavy atom. The van der Waals surface area contributed by atoms with Gasteiger partial charge in [0.15, 0.2) is 5.16 Å². The van der Waals surface area contributed by atoms with Gasteiger partial charge in [-0.15, -0.1) is 6.58 Å². The van der Waals surface area contributed by atoms with Crippen molar-refractivity contribution in [3.63, 3.8) is 0 Å². The van der Waals surface area contributed by atoms with Crippen molar-refractivity contribution in [2.24, 2.45) is 0 Å². The molecule has 0 spiro atoms. The van der Waals surface area contributed by atoms with E-state index < -0.39 is 0 Å². The van der Waals surface area contributed by atoms with Gasteiger partial charge in [0.1, 0.15) is 0 Å². The zero-order valence-electron chi connectivity index (χ0n) is 15.7. The van der Waals surface area contributed by atoms with Crippen molar-refractivity contribution < 1.29 is 4.79 Å². The van der Waals surface area contributed by atoms with Crippen molar-refractivity contribution in [1.29, 1.82) is 0 Å². The van der Waals surface area contributed by atoms with E-state index in [4.69, 9.17) is 11.6 Å². The molecular weight excluding hydrogens is 394 g/mol. The van der Waals surface area contributed by atoms with Gasteiger partial charge in [-0.25, -0.2) is 4.98 Å². The average molecular weight is 414 g/mol. The molecule has 3 aromatic rings. The Bertz CT molecular complexity index is 1120. The lowest BCUT2D eigenvalue weighted by Crippen LogP contribution is -2.26. The van der Waals surface area contributed by atoms with Crippen LogP contribution < -0.4 is 10.9 Å². The number of fused-ring (bicyclic) bond motifs is 1. The molecule has 0 unspecified atom stereocenters. The zero-order chi connectivity index (χ0) is 20.3. The second kappa shape index (κ2) is 8.63. The molecule has 0 radical (unpaired) electrons. The summed E-state index contributed by atoms with van der Waals surface area (Å²) in [6, 6.07) is 10.8. The van der Waals surface area contributed by atoms with Crippen molar-refractivity contribution in [3.05, 3.63) is 75.6 Å². The number of aryl methyl sites for hydroxylation is 1. The molecule has 28 heavy (non-hydrogen) atoms. The smallest absolute Gasteiger partial charge is 0.266 e. The molecule has 0 atom stereocenters. The Kier molecular flexibility index (Phi) is 6.21. The molecule has 0 bridgehead atoms. The molecule has 1 aromatic heterocycles. The van der Waals surface area contributed by atoms with Crippen molar-refractivity contribution in [2.75, 3.05) is 12.3 Å². The van der Waals surface area contributed by atoms with Crippen LogP contribution in [-0.4, -0.2) is 27.8 Å². The third-order valence-corrected chi connectivity index (χ3v) is 5.57. The van der Waals surface area contributed by atoms with Gasteiger partial charge in [-0.3, -0.25) is 14.2 Å². The van der Waals surface area contributed by atoms with Crippen LogP contribution in [-0.2, 0) is 4.79 Å². The van der Waals surface area contributed by atoms with Gasteiger partial charge in [0.2, 0.25) is 5.91 Å². The van der Waals surface area contributed by atoms with Gasteiger partial charge in [-0.05, 0) is 49.2 Å². The molecule has 1 N–H and O–H groups in total. The molecule has 0 aliphatic rings. The van der Waals surface area contributed by atoms with E-state index in [2.05, 4.69) is 16.9 Å². The molecule has 2 aromatic carbocycles. The van der Waals surface area contributed by atoms with Crippen molar-refractivity contribution in [3.8, 4) is 5.69 Å². The topological polar surface area (TPSA) is 64.0 Å². The molecule has 0 saturated carbocycles. The van der Waals surface area contributed by atoms with E-state index in [-0.39, 0.29) is 17.2 Å². The Balaban J connectivity index is 2.16. The van der Waals surface area contributed by atoms with E-state index in [0.29, 0.717) is 27.6 Å². The molecule has 144 valence electrons. The second-order valence-electron chi connectivity index (χ2n) is 6.30. The van der Waals surface area contributed by atoms with Crippen LogP contribution in [0, 0.1) is 13.8 Å². The molecule has 5 nitrogen and oxygen atoms in total. The Labute approximate surface area is 172 Å². The van der Waals surface area contributed by atoms with E-state index in [9.17, 15) is 9.59 Å². The molecule has 0 saturated heterocycles. The van der Waals surface area contributed by atoms with Crippen LogP contribution in [0.2, 0.25) is 5.02 Å². The van der Waals surface area contributed by atoms with Gasteiger partial charge in [0.25, 0.3) is 5.56 Å². The first kappa shape index (κ1) is 20.2. The lowest BCUT2D eigenvalue weighted by Gasteiger charge is -2.16. The van der Waals surface area contributed by atoms with E-state index in [1.807, 2.05) is 32.0 Å². The minimum atomic E-state index is -0.190. The minimum Gasteiger partial charge on any atom is -0.352 e. The number of carbonyl (C=O) groups is 1. The van der Waals surface area contributed by atoms with Crippen molar-refractivity contribution in [1.82, 2.24) is 14.9 Å². The SMILES string of the molecule is C=CCNC(=O)CSc1nc2cc(Cl)ccc2c(=O)n1-c1cccc(C)c1C. The van der Waals surface area contributed by atoms with Crippen LogP contribution in [0.15, 0.2) is 59.0 Å². The number of rotatable bonds is 6. The molecule has 3 rings (SSSR count). The zero-order valence-corrected chi connectivity index (χ0v) is 17.2. The van der Waals surface area contributed by atoms with Crippen LogP contribution in [0.1, 0.15) is 11.1 Å². The predicted octanol–water partition coefficient (Wildman–Crippen LogP) is 4.05. The first-order valence-electron chi connectivity index (χ1n) is 8.71. The number of benzene rings is 2. The van der Waals surface area contributed by atoms with Crippen molar-refractivity contribution >= 4 is 40.2 Å². The fraction of sp³-hybridized carbons (Fsp3) is 0.190. The number of carbonyl (C=O) groups excluding carboxylic acids is 1. The second-order valence-corrected chi connectivity index (χ2v) is 7.68. The summed E-state index contributed by atoms with van der Waals surface area (Å²) in [4.78, 5) is 30.0. The fourth-order valence-electron chi connectivity index (χ4n) is 2.79. The highest BCUT2D eigenvalue weighted by molar-refractivity contribution is 7.99. The first-order chi connectivity index (χ1) is 13.4. The molecule has 1 amide bonds. The third-order valence-electron chi connectivity index (χ3n) is 4.39. The first-order valence-corrected chi connectivity index (χ1v) is 10.1. The number of nitrogens with one attached hydrogen (secondary N) is 1. The van der Waals surface area contributed by atoms with Crippen LogP contribution in [0.4, 0.5) is 0 Å². The quantitative estimate of drug-likeness (QED) is 0.376. The maximum Gasteiger partial charge on any atom is 0.266 e. The summed E-state index contributed by atoms with van der Waals surface area (Å²) in [6.07, 6.45) is 1.62. The maximum atomic E-state index is 13.3. The highest BCUT2D eigenvalue weighted by atomic mass is 35.5. The normalized spacial score (nSPS) is 10.8.